The van der Waals surface area contributed by atoms with E-state index in [1.165, 1.54) is 12.4 Å². The first kappa shape index (κ1) is 20.0. The van der Waals surface area contributed by atoms with Crippen LogP contribution in [0.5, 0.6) is 0 Å². The summed E-state index contributed by atoms with van der Waals surface area (Å²) in [5, 5.41) is 7.94. The highest BCUT2D eigenvalue weighted by molar-refractivity contribution is 9.10. The van der Waals surface area contributed by atoms with Gasteiger partial charge in [0.2, 0.25) is 0 Å². The molecule has 0 radical (unpaired) electrons. The van der Waals surface area contributed by atoms with Crippen molar-refractivity contribution < 1.29 is 22.0 Å². The summed E-state index contributed by atoms with van der Waals surface area (Å²) in [5.74, 6) is -4.16. The first-order valence-corrected chi connectivity index (χ1v) is 8.86. The Balaban J connectivity index is 2.11. The van der Waals surface area contributed by atoms with Gasteiger partial charge in [-0.15, -0.1) is 10.2 Å². The van der Waals surface area contributed by atoms with E-state index in [1.54, 1.807) is 11.6 Å². The molecule has 0 spiro atoms. The lowest BCUT2D eigenvalue weighted by Crippen LogP contribution is -2.46. The van der Waals surface area contributed by atoms with Gasteiger partial charge in [-0.3, -0.25) is 4.79 Å². The normalized spacial score (nSPS) is 23.3. The summed E-state index contributed by atoms with van der Waals surface area (Å²) in [4.78, 5) is 12.2. The van der Waals surface area contributed by atoms with Gasteiger partial charge in [-0.25, -0.2) is 0 Å². The molecule has 1 aliphatic rings. The van der Waals surface area contributed by atoms with Gasteiger partial charge in [-0.2, -0.15) is 22.0 Å². The Morgan fingerprint density at radius 1 is 1.30 bits per heavy atom. The second-order valence-corrected chi connectivity index (χ2v) is 7.93. The zero-order valence-corrected chi connectivity index (χ0v) is 16.0. The van der Waals surface area contributed by atoms with E-state index in [1.807, 2.05) is 6.92 Å². The molecule has 2 aromatic rings. The first-order valence-electron chi connectivity index (χ1n) is 8.07. The van der Waals surface area contributed by atoms with Crippen LogP contribution in [0, 0.1) is 5.92 Å². The van der Waals surface area contributed by atoms with Gasteiger partial charge in [0.15, 0.2) is 0 Å². The Morgan fingerprint density at radius 3 is 2.41 bits per heavy atom. The Bertz CT molecular complexity index is 914. The van der Waals surface area contributed by atoms with E-state index in [0.29, 0.717) is 34.7 Å². The summed E-state index contributed by atoms with van der Waals surface area (Å²) >= 11 is 3.00. The van der Waals surface area contributed by atoms with Crippen LogP contribution in [0.3, 0.4) is 0 Å². The fourth-order valence-corrected chi connectivity index (χ4v) is 4.15. The molecule has 0 aromatic carbocycles. The van der Waals surface area contributed by atoms with Crippen LogP contribution in [-0.2, 0) is 19.0 Å². The van der Waals surface area contributed by atoms with E-state index in [2.05, 4.69) is 26.1 Å². The summed E-state index contributed by atoms with van der Waals surface area (Å²) in [7, 11) is 1.73. The Labute approximate surface area is 159 Å². The number of rotatable bonds is 4. The summed E-state index contributed by atoms with van der Waals surface area (Å²) in [6, 6.07) is 1.46. The minimum absolute atomic E-state index is 0.0842. The molecule has 0 saturated heterocycles. The van der Waals surface area contributed by atoms with Gasteiger partial charge in [-0.1, -0.05) is 6.92 Å². The molecule has 0 atom stereocenters. The van der Waals surface area contributed by atoms with E-state index in [-0.39, 0.29) is 4.47 Å². The van der Waals surface area contributed by atoms with Gasteiger partial charge < -0.3 is 9.13 Å². The largest absolute Gasteiger partial charge is 0.455 e. The van der Waals surface area contributed by atoms with Gasteiger partial charge in [0.05, 0.1) is 16.4 Å². The molecule has 1 saturated carbocycles. The highest BCUT2D eigenvalue weighted by Gasteiger charge is 2.58. The molecule has 27 heavy (non-hydrogen) atoms. The topological polar surface area (TPSA) is 52.7 Å². The number of hydrogen-bond acceptors (Lipinski definition) is 3. The molecule has 11 heteroatoms. The molecular weight excluding hydrogens is 439 g/mol. The third-order valence-corrected chi connectivity index (χ3v) is 5.48. The molecule has 2 heterocycles. The minimum atomic E-state index is -5.75. The second-order valence-electron chi connectivity index (χ2n) is 7.07. The molecule has 5 nitrogen and oxygen atoms in total. The number of nitrogens with zero attached hydrogens (tertiary/aromatic N) is 4. The van der Waals surface area contributed by atoms with Crippen LogP contribution in [-0.4, -0.2) is 31.4 Å². The minimum Gasteiger partial charge on any atom is -0.320 e. The van der Waals surface area contributed by atoms with Crippen molar-refractivity contribution in [2.24, 2.45) is 13.0 Å². The lowest BCUT2D eigenvalue weighted by atomic mass is 9.59. The summed E-state index contributed by atoms with van der Waals surface area (Å²) < 4.78 is 66.8. The summed E-state index contributed by atoms with van der Waals surface area (Å²) in [5.41, 5.74) is -1.21. The fraction of sp³-hybridized carbons (Fsp3) is 0.562. The predicted molar refractivity (Wildman–Crippen MR) is 89.6 cm³/mol. The molecule has 0 unspecified atom stereocenters. The quantitative estimate of drug-likeness (QED) is 0.662. The van der Waals surface area contributed by atoms with E-state index >= 15 is 0 Å². The van der Waals surface area contributed by atoms with E-state index in [4.69, 9.17) is 0 Å². The zero-order valence-electron chi connectivity index (χ0n) is 14.4. The number of aromatic nitrogens is 4. The van der Waals surface area contributed by atoms with Crippen molar-refractivity contribution in [3.8, 4) is 0 Å². The maximum Gasteiger partial charge on any atom is 0.455 e. The van der Waals surface area contributed by atoms with Crippen LogP contribution < -0.4 is 5.56 Å². The monoisotopic (exact) mass is 454 g/mol. The summed E-state index contributed by atoms with van der Waals surface area (Å²) in [6.45, 7) is 0.212. The number of halogens is 6. The molecule has 148 valence electrons. The van der Waals surface area contributed by atoms with Crippen LogP contribution in [0.4, 0.5) is 22.0 Å². The Hall–Kier alpha value is -1.78. The first-order chi connectivity index (χ1) is 12.4. The summed E-state index contributed by atoms with van der Waals surface area (Å²) in [6.07, 6.45) is -1.96. The third-order valence-electron chi connectivity index (χ3n) is 4.91. The molecule has 1 aliphatic carbocycles. The SMILES string of the molecule is CC1CC(c2cc(Br)c(=O)n(CC(F)(F)C(F)(F)F)c2)(c2nncn2C)C1. The van der Waals surface area contributed by atoms with Gasteiger partial charge in [0, 0.05) is 13.2 Å². The van der Waals surface area contributed by atoms with Crippen molar-refractivity contribution in [2.75, 3.05) is 0 Å². The number of aryl methyl sites for hydroxylation is 1. The lowest BCUT2D eigenvalue weighted by molar-refractivity contribution is -0.287. The molecule has 0 bridgehead atoms. The number of alkyl halides is 5. The van der Waals surface area contributed by atoms with Crippen LogP contribution >= 0.6 is 15.9 Å². The fourth-order valence-electron chi connectivity index (χ4n) is 3.68. The van der Waals surface area contributed by atoms with Crippen LogP contribution in [0.25, 0.3) is 0 Å². The molecule has 3 rings (SSSR count). The number of hydrogen-bond donors (Lipinski definition) is 0. The van der Waals surface area contributed by atoms with E-state index in [0.717, 1.165) is 6.20 Å². The number of pyridine rings is 1. The highest BCUT2D eigenvalue weighted by Crippen LogP contribution is 2.51. The van der Waals surface area contributed by atoms with Crippen molar-refractivity contribution in [3.63, 3.8) is 0 Å². The average Bonchev–Trinajstić information content (AvgIpc) is 2.93. The highest BCUT2D eigenvalue weighted by atomic mass is 79.9. The smallest absolute Gasteiger partial charge is 0.320 e. The Morgan fingerprint density at radius 2 is 1.93 bits per heavy atom. The maximum absolute atomic E-state index is 13.5. The predicted octanol–water partition coefficient (Wildman–Crippen LogP) is 3.65. The van der Waals surface area contributed by atoms with Crippen LogP contribution in [0.15, 0.2) is 27.9 Å². The standard InChI is InChI=1S/C16H16BrF5N4O/c1-9-4-14(5-9,13-24-23-8-25(13)2)10-3-11(17)12(27)26(6-10)7-15(18,19)16(20,21)22/h3,6,8-9H,4-5,7H2,1-2H3. The molecule has 1 fully saturated rings. The van der Waals surface area contributed by atoms with Crippen molar-refractivity contribution in [1.29, 1.82) is 0 Å². The van der Waals surface area contributed by atoms with Crippen molar-refractivity contribution in [3.05, 3.63) is 44.8 Å². The molecule has 0 amide bonds. The molecule has 0 aliphatic heterocycles. The average molecular weight is 455 g/mol. The van der Waals surface area contributed by atoms with Gasteiger partial charge in [0.25, 0.3) is 5.56 Å². The van der Waals surface area contributed by atoms with Crippen LogP contribution in [0.1, 0.15) is 31.2 Å². The van der Waals surface area contributed by atoms with Gasteiger partial charge in [0.1, 0.15) is 12.2 Å². The Kier molecular flexibility index (Phi) is 4.72. The van der Waals surface area contributed by atoms with Crippen molar-refractivity contribution >= 4 is 15.9 Å². The van der Waals surface area contributed by atoms with Gasteiger partial charge in [-0.05, 0) is 46.3 Å². The second kappa shape index (κ2) is 6.39. The van der Waals surface area contributed by atoms with E-state index in [9.17, 15) is 26.7 Å². The molecule has 2 aromatic heterocycles. The van der Waals surface area contributed by atoms with Gasteiger partial charge >= 0.3 is 12.1 Å². The van der Waals surface area contributed by atoms with E-state index < -0.39 is 29.6 Å². The maximum atomic E-state index is 13.5. The van der Waals surface area contributed by atoms with Crippen molar-refractivity contribution in [1.82, 2.24) is 19.3 Å². The van der Waals surface area contributed by atoms with Crippen LogP contribution in [0.2, 0.25) is 0 Å². The third kappa shape index (κ3) is 3.30. The molecular formula is C16H16BrF5N4O. The zero-order chi connectivity index (χ0) is 20.2. The van der Waals surface area contributed by atoms with Crippen molar-refractivity contribution in [2.45, 2.75) is 43.8 Å². The molecule has 0 N–H and O–H groups in total. The lowest BCUT2D eigenvalue weighted by Gasteiger charge is -2.46.